The number of hydrogen-bond acceptors (Lipinski definition) is 1. The summed E-state index contributed by atoms with van der Waals surface area (Å²) >= 11 is 3.23. The predicted octanol–water partition coefficient (Wildman–Crippen LogP) is 3.85. The zero-order valence-corrected chi connectivity index (χ0v) is 11.9. The van der Waals surface area contributed by atoms with Crippen LogP contribution < -0.4 is 0 Å². The molecule has 0 aromatic heterocycles. The molecule has 0 saturated heterocycles. The number of hydrogen-bond donors (Lipinski definition) is 0. The molecule has 1 rings (SSSR count). The summed E-state index contributed by atoms with van der Waals surface area (Å²) in [6, 6.07) is 4.28. The molecule has 0 fully saturated rings. The van der Waals surface area contributed by atoms with Gasteiger partial charge in [-0.25, -0.2) is 4.39 Å². The minimum Gasteiger partial charge on any atom is -0.336 e. The van der Waals surface area contributed by atoms with Crippen molar-refractivity contribution in [1.29, 1.82) is 0 Å². The Morgan fingerprint density at radius 3 is 2.59 bits per heavy atom. The number of nitrogens with zero attached hydrogens (tertiary/aromatic N) is 1. The Hall–Kier alpha value is -0.900. The minimum atomic E-state index is -0.347. The van der Waals surface area contributed by atoms with Gasteiger partial charge in [0.2, 0.25) is 0 Å². The molecule has 0 spiro atoms. The highest BCUT2D eigenvalue weighted by molar-refractivity contribution is 9.10. The van der Waals surface area contributed by atoms with Crippen LogP contribution in [-0.4, -0.2) is 23.4 Å². The summed E-state index contributed by atoms with van der Waals surface area (Å²) in [5.41, 5.74) is 0.508. The lowest BCUT2D eigenvalue weighted by atomic mass is 10.1. The summed E-state index contributed by atoms with van der Waals surface area (Å²) in [5, 5.41) is 0. The molecule has 0 aliphatic carbocycles. The molecular formula is C13H17BrFNO. The second-order valence-electron chi connectivity index (χ2n) is 4.22. The number of rotatable bonds is 4. The molecule has 0 aliphatic rings. The van der Waals surface area contributed by atoms with Gasteiger partial charge in [0.05, 0.1) is 5.56 Å². The molecule has 0 radical (unpaired) electrons. The van der Waals surface area contributed by atoms with Crippen LogP contribution in [0.5, 0.6) is 0 Å². The van der Waals surface area contributed by atoms with E-state index in [0.29, 0.717) is 16.6 Å². The normalized spacial score (nSPS) is 10.7. The first-order chi connectivity index (χ1) is 7.97. The van der Waals surface area contributed by atoms with E-state index in [2.05, 4.69) is 15.9 Å². The van der Waals surface area contributed by atoms with Gasteiger partial charge in [-0.3, -0.25) is 4.79 Å². The summed E-state index contributed by atoms with van der Waals surface area (Å²) < 4.78 is 13.5. The Bertz CT molecular complexity index is 406. The Morgan fingerprint density at radius 1 is 1.47 bits per heavy atom. The molecule has 2 nitrogen and oxygen atoms in total. The molecule has 0 aliphatic heterocycles. The van der Waals surface area contributed by atoms with Crippen LogP contribution in [0.2, 0.25) is 0 Å². The van der Waals surface area contributed by atoms with Gasteiger partial charge in [0.1, 0.15) is 5.82 Å². The van der Waals surface area contributed by atoms with Crippen LogP contribution in [0, 0.1) is 5.82 Å². The standard InChI is InChI=1S/C13H17BrFNO/c1-4-7-16(9(2)3)13(17)11-6-5-10(15)8-12(11)14/h5-6,8-9H,4,7H2,1-3H3. The van der Waals surface area contributed by atoms with Gasteiger partial charge >= 0.3 is 0 Å². The number of benzene rings is 1. The van der Waals surface area contributed by atoms with E-state index in [-0.39, 0.29) is 17.8 Å². The fraction of sp³-hybridized carbons (Fsp3) is 0.462. The van der Waals surface area contributed by atoms with Crippen molar-refractivity contribution in [3.05, 3.63) is 34.1 Å². The fourth-order valence-electron chi connectivity index (χ4n) is 1.65. The molecule has 17 heavy (non-hydrogen) atoms. The molecule has 0 atom stereocenters. The predicted molar refractivity (Wildman–Crippen MR) is 70.6 cm³/mol. The van der Waals surface area contributed by atoms with Crippen molar-refractivity contribution in [1.82, 2.24) is 4.90 Å². The number of carbonyl (C=O) groups is 1. The largest absolute Gasteiger partial charge is 0.336 e. The number of halogens is 2. The fourth-order valence-corrected chi connectivity index (χ4v) is 2.17. The van der Waals surface area contributed by atoms with Crippen molar-refractivity contribution in [3.8, 4) is 0 Å². The summed E-state index contributed by atoms with van der Waals surface area (Å²) in [7, 11) is 0. The van der Waals surface area contributed by atoms with Crippen LogP contribution in [0.25, 0.3) is 0 Å². The van der Waals surface area contributed by atoms with Gasteiger partial charge in [0.25, 0.3) is 5.91 Å². The average Bonchev–Trinajstić information content (AvgIpc) is 2.24. The molecule has 0 unspecified atom stereocenters. The van der Waals surface area contributed by atoms with Gasteiger partial charge in [-0.2, -0.15) is 0 Å². The first-order valence-electron chi connectivity index (χ1n) is 5.73. The summed E-state index contributed by atoms with van der Waals surface area (Å²) in [6.45, 7) is 6.69. The monoisotopic (exact) mass is 301 g/mol. The van der Waals surface area contributed by atoms with Gasteiger partial charge in [0.15, 0.2) is 0 Å². The second-order valence-corrected chi connectivity index (χ2v) is 5.07. The molecule has 94 valence electrons. The number of carbonyl (C=O) groups excluding carboxylic acids is 1. The lowest BCUT2D eigenvalue weighted by Gasteiger charge is -2.26. The molecule has 0 heterocycles. The van der Waals surface area contributed by atoms with Crippen LogP contribution in [0.4, 0.5) is 4.39 Å². The van der Waals surface area contributed by atoms with Crippen molar-refractivity contribution in [2.24, 2.45) is 0 Å². The van der Waals surface area contributed by atoms with Crippen molar-refractivity contribution >= 4 is 21.8 Å². The van der Waals surface area contributed by atoms with E-state index in [1.165, 1.54) is 18.2 Å². The zero-order valence-electron chi connectivity index (χ0n) is 10.3. The maximum Gasteiger partial charge on any atom is 0.255 e. The Balaban J connectivity index is 3.01. The van der Waals surface area contributed by atoms with Gasteiger partial charge < -0.3 is 4.90 Å². The lowest BCUT2D eigenvalue weighted by Crippen LogP contribution is -2.37. The molecule has 1 aromatic rings. The summed E-state index contributed by atoms with van der Waals surface area (Å²) in [6.07, 6.45) is 0.905. The van der Waals surface area contributed by atoms with Crippen molar-refractivity contribution < 1.29 is 9.18 Å². The summed E-state index contributed by atoms with van der Waals surface area (Å²) in [4.78, 5) is 14.1. The van der Waals surface area contributed by atoms with Crippen LogP contribution in [0.3, 0.4) is 0 Å². The molecular weight excluding hydrogens is 285 g/mol. The van der Waals surface area contributed by atoms with Crippen LogP contribution >= 0.6 is 15.9 Å². The zero-order chi connectivity index (χ0) is 13.0. The third-order valence-electron chi connectivity index (χ3n) is 2.51. The summed E-state index contributed by atoms with van der Waals surface area (Å²) in [5.74, 6) is -0.409. The van der Waals surface area contributed by atoms with Gasteiger partial charge in [-0.1, -0.05) is 6.92 Å². The van der Waals surface area contributed by atoms with Crippen molar-refractivity contribution in [2.75, 3.05) is 6.54 Å². The highest BCUT2D eigenvalue weighted by Gasteiger charge is 2.20. The van der Waals surface area contributed by atoms with Crippen molar-refractivity contribution in [3.63, 3.8) is 0 Å². The van der Waals surface area contributed by atoms with E-state index in [0.717, 1.165) is 6.42 Å². The van der Waals surface area contributed by atoms with Gasteiger partial charge in [0, 0.05) is 17.1 Å². The van der Waals surface area contributed by atoms with Crippen molar-refractivity contribution in [2.45, 2.75) is 33.2 Å². The third kappa shape index (κ3) is 3.53. The van der Waals surface area contributed by atoms with E-state index < -0.39 is 0 Å². The van der Waals surface area contributed by atoms with Crippen LogP contribution in [-0.2, 0) is 0 Å². The average molecular weight is 302 g/mol. The molecule has 1 aromatic carbocycles. The highest BCUT2D eigenvalue weighted by atomic mass is 79.9. The molecule has 0 N–H and O–H groups in total. The first kappa shape index (κ1) is 14.2. The van der Waals surface area contributed by atoms with Crippen LogP contribution in [0.1, 0.15) is 37.6 Å². The quantitative estimate of drug-likeness (QED) is 0.827. The SMILES string of the molecule is CCCN(C(=O)c1ccc(F)cc1Br)C(C)C. The van der Waals surface area contributed by atoms with E-state index in [9.17, 15) is 9.18 Å². The first-order valence-corrected chi connectivity index (χ1v) is 6.52. The Labute approximate surface area is 110 Å². The molecule has 1 amide bonds. The topological polar surface area (TPSA) is 20.3 Å². The second kappa shape index (κ2) is 6.15. The third-order valence-corrected chi connectivity index (χ3v) is 3.17. The Morgan fingerprint density at radius 2 is 2.12 bits per heavy atom. The van der Waals surface area contributed by atoms with Gasteiger partial charge in [-0.15, -0.1) is 0 Å². The lowest BCUT2D eigenvalue weighted by molar-refractivity contribution is 0.0705. The highest BCUT2D eigenvalue weighted by Crippen LogP contribution is 2.20. The van der Waals surface area contributed by atoms with Gasteiger partial charge in [-0.05, 0) is 54.4 Å². The number of amides is 1. The van der Waals surface area contributed by atoms with E-state index in [1.54, 1.807) is 4.90 Å². The van der Waals surface area contributed by atoms with E-state index in [1.807, 2.05) is 20.8 Å². The minimum absolute atomic E-state index is 0.0614. The Kier molecular flexibility index (Phi) is 5.12. The molecule has 0 bridgehead atoms. The van der Waals surface area contributed by atoms with E-state index in [4.69, 9.17) is 0 Å². The van der Waals surface area contributed by atoms with E-state index >= 15 is 0 Å². The molecule has 4 heteroatoms. The van der Waals surface area contributed by atoms with Crippen LogP contribution in [0.15, 0.2) is 22.7 Å². The molecule has 0 saturated carbocycles. The maximum atomic E-state index is 13.0. The maximum absolute atomic E-state index is 13.0. The smallest absolute Gasteiger partial charge is 0.255 e.